The third kappa shape index (κ3) is 6.00. The number of hydrogen-bond donors (Lipinski definition) is 0. The van der Waals surface area contributed by atoms with Crippen molar-refractivity contribution in [1.29, 1.82) is 0 Å². The van der Waals surface area contributed by atoms with Crippen molar-refractivity contribution in [2.24, 2.45) is 0 Å². The summed E-state index contributed by atoms with van der Waals surface area (Å²) >= 11 is 0. The number of para-hydroxylation sites is 1. The van der Waals surface area contributed by atoms with Gasteiger partial charge < -0.3 is 14.4 Å². The Bertz CT molecular complexity index is 1440. The smallest absolute Gasteiger partial charge is 0.419 e. The fourth-order valence-electron chi connectivity index (χ4n) is 4.11. The first-order valence-corrected chi connectivity index (χ1v) is 12.1. The Balaban J connectivity index is 1.70. The molecule has 1 heterocycles. The van der Waals surface area contributed by atoms with E-state index in [4.69, 9.17) is 9.47 Å². The minimum Gasteiger partial charge on any atom is -0.487 e. The lowest BCUT2D eigenvalue weighted by Gasteiger charge is -2.21. The van der Waals surface area contributed by atoms with E-state index >= 15 is 4.39 Å². The second kappa shape index (κ2) is 10.5. The van der Waals surface area contributed by atoms with Gasteiger partial charge in [-0.2, -0.15) is 0 Å². The van der Waals surface area contributed by atoms with Crippen LogP contribution in [0.2, 0.25) is 0 Å². The number of ether oxygens (including phenoxy) is 2. The molecule has 1 amide bonds. The van der Waals surface area contributed by atoms with Crippen molar-refractivity contribution >= 4 is 22.9 Å². The molecule has 4 aromatic rings. The van der Waals surface area contributed by atoms with Crippen LogP contribution in [0.25, 0.3) is 22.0 Å². The molecule has 0 saturated carbocycles. The molecule has 4 rings (SSSR count). The molecule has 1 aromatic heterocycles. The van der Waals surface area contributed by atoms with Gasteiger partial charge in [0.15, 0.2) is 0 Å². The highest BCUT2D eigenvalue weighted by Crippen LogP contribution is 2.32. The van der Waals surface area contributed by atoms with Gasteiger partial charge in [0, 0.05) is 31.1 Å². The normalized spacial score (nSPS) is 11.4. The number of fused-ring (bicyclic) bond motifs is 1. The summed E-state index contributed by atoms with van der Waals surface area (Å²) in [5.41, 5.74) is 2.15. The first kappa shape index (κ1) is 25.9. The molecule has 0 fully saturated rings. The standard InChI is InChI=1S/C30H31FN2O4/c1-30(2,3)37-29(35)33-23(15-21-13-9-10-14-26(21)33)19-36-24-16-22(17-27(34)32(4)5)28(25(31)18-24)20-11-7-6-8-12-20/h6-16,18H,17,19H2,1-5H3. The van der Waals surface area contributed by atoms with Gasteiger partial charge in [-0.3, -0.25) is 4.79 Å². The van der Waals surface area contributed by atoms with Gasteiger partial charge in [0.2, 0.25) is 5.91 Å². The van der Waals surface area contributed by atoms with E-state index in [2.05, 4.69) is 0 Å². The number of halogens is 1. The molecular weight excluding hydrogens is 471 g/mol. The van der Waals surface area contributed by atoms with Crippen molar-refractivity contribution in [3.8, 4) is 16.9 Å². The molecule has 3 aromatic carbocycles. The summed E-state index contributed by atoms with van der Waals surface area (Å²) in [6.45, 7) is 5.42. The van der Waals surface area contributed by atoms with Gasteiger partial charge >= 0.3 is 6.09 Å². The predicted molar refractivity (Wildman–Crippen MR) is 142 cm³/mol. The van der Waals surface area contributed by atoms with Crippen molar-refractivity contribution in [2.75, 3.05) is 14.1 Å². The van der Waals surface area contributed by atoms with Crippen LogP contribution in [0.15, 0.2) is 72.8 Å². The molecule has 37 heavy (non-hydrogen) atoms. The molecule has 0 aliphatic rings. The molecule has 0 bridgehead atoms. The summed E-state index contributed by atoms with van der Waals surface area (Å²) in [7, 11) is 3.33. The van der Waals surface area contributed by atoms with Crippen molar-refractivity contribution in [1.82, 2.24) is 9.47 Å². The van der Waals surface area contributed by atoms with Crippen LogP contribution >= 0.6 is 0 Å². The predicted octanol–water partition coefficient (Wildman–Crippen LogP) is 6.44. The molecule has 0 aliphatic carbocycles. The maximum Gasteiger partial charge on any atom is 0.419 e. The largest absolute Gasteiger partial charge is 0.487 e. The average Bonchev–Trinajstić information content (AvgIpc) is 3.20. The van der Waals surface area contributed by atoms with E-state index in [1.54, 1.807) is 40.9 Å². The number of nitrogens with zero attached hydrogens (tertiary/aromatic N) is 2. The summed E-state index contributed by atoms with van der Waals surface area (Å²) in [5, 5.41) is 0.856. The molecule has 0 atom stereocenters. The van der Waals surface area contributed by atoms with E-state index in [0.29, 0.717) is 27.9 Å². The van der Waals surface area contributed by atoms with E-state index in [0.717, 1.165) is 5.39 Å². The van der Waals surface area contributed by atoms with E-state index in [9.17, 15) is 9.59 Å². The van der Waals surface area contributed by atoms with Crippen LogP contribution < -0.4 is 4.74 Å². The second-order valence-corrected chi connectivity index (χ2v) is 10.1. The van der Waals surface area contributed by atoms with Gasteiger partial charge in [-0.1, -0.05) is 48.5 Å². The molecule has 7 heteroatoms. The number of carbonyl (C=O) groups excluding carboxylic acids is 2. The molecular formula is C30H31FN2O4. The number of amides is 1. The molecule has 0 radical (unpaired) electrons. The molecule has 0 unspecified atom stereocenters. The van der Waals surface area contributed by atoms with E-state index in [1.165, 1.54) is 15.5 Å². The van der Waals surface area contributed by atoms with Crippen LogP contribution in [0.4, 0.5) is 9.18 Å². The van der Waals surface area contributed by atoms with Crippen LogP contribution in [0.1, 0.15) is 32.0 Å². The summed E-state index contributed by atoms with van der Waals surface area (Å²) in [4.78, 5) is 27.1. The van der Waals surface area contributed by atoms with Crippen molar-refractivity contribution in [3.05, 3.63) is 89.9 Å². The Kier molecular flexibility index (Phi) is 7.34. The minimum atomic E-state index is -0.676. The Morgan fingerprint density at radius 1 is 0.946 bits per heavy atom. The maximum absolute atomic E-state index is 15.5. The number of likely N-dealkylation sites (N-methyl/N-ethyl adjacent to an activating group) is 1. The highest BCUT2D eigenvalue weighted by atomic mass is 19.1. The quantitative estimate of drug-likeness (QED) is 0.304. The molecule has 0 spiro atoms. The SMILES string of the molecule is CN(C)C(=O)Cc1cc(OCc2cc3ccccc3n2C(=O)OC(C)(C)C)cc(F)c1-c1ccccc1. The number of hydrogen-bond acceptors (Lipinski definition) is 4. The van der Waals surface area contributed by atoms with Gasteiger partial charge in [0.25, 0.3) is 0 Å². The first-order valence-electron chi connectivity index (χ1n) is 12.1. The first-order chi connectivity index (χ1) is 17.5. The topological polar surface area (TPSA) is 60.8 Å². The fraction of sp³-hybridized carbons (Fsp3) is 0.267. The summed E-state index contributed by atoms with van der Waals surface area (Å²) in [5.74, 6) is -0.378. The highest BCUT2D eigenvalue weighted by molar-refractivity contribution is 5.91. The van der Waals surface area contributed by atoms with E-state index in [1.807, 2.05) is 60.7 Å². The number of benzene rings is 3. The summed E-state index contributed by atoms with van der Waals surface area (Å²) in [6.07, 6.45) is -0.501. The third-order valence-corrected chi connectivity index (χ3v) is 5.80. The van der Waals surface area contributed by atoms with Crippen LogP contribution in [0.5, 0.6) is 5.75 Å². The fourth-order valence-corrected chi connectivity index (χ4v) is 4.11. The van der Waals surface area contributed by atoms with Gasteiger partial charge in [0.1, 0.15) is 23.8 Å². The van der Waals surface area contributed by atoms with Gasteiger partial charge in [0.05, 0.1) is 17.6 Å². The monoisotopic (exact) mass is 502 g/mol. The minimum absolute atomic E-state index is 0.000879. The lowest BCUT2D eigenvalue weighted by atomic mass is 9.96. The van der Waals surface area contributed by atoms with Gasteiger partial charge in [-0.15, -0.1) is 0 Å². The van der Waals surface area contributed by atoms with Crippen LogP contribution in [0, 0.1) is 5.82 Å². The average molecular weight is 503 g/mol. The molecule has 0 aliphatic heterocycles. The lowest BCUT2D eigenvalue weighted by molar-refractivity contribution is -0.127. The Labute approximate surface area is 216 Å². The van der Waals surface area contributed by atoms with Crippen LogP contribution in [-0.4, -0.2) is 41.2 Å². The molecule has 0 N–H and O–H groups in total. The lowest BCUT2D eigenvalue weighted by Crippen LogP contribution is -2.28. The third-order valence-electron chi connectivity index (χ3n) is 5.80. The summed E-state index contributed by atoms with van der Waals surface area (Å²) in [6, 6.07) is 21.4. The zero-order valence-electron chi connectivity index (χ0n) is 21.7. The van der Waals surface area contributed by atoms with Crippen LogP contribution in [-0.2, 0) is 22.6 Å². The van der Waals surface area contributed by atoms with E-state index in [-0.39, 0.29) is 24.7 Å². The molecule has 6 nitrogen and oxygen atoms in total. The Morgan fingerprint density at radius 3 is 2.30 bits per heavy atom. The van der Waals surface area contributed by atoms with Crippen LogP contribution in [0.3, 0.4) is 0 Å². The second-order valence-electron chi connectivity index (χ2n) is 10.1. The van der Waals surface area contributed by atoms with Crippen molar-refractivity contribution < 1.29 is 23.5 Å². The number of carbonyl (C=O) groups is 2. The van der Waals surface area contributed by atoms with Crippen molar-refractivity contribution in [2.45, 2.75) is 39.4 Å². The molecule has 0 saturated heterocycles. The van der Waals surface area contributed by atoms with Crippen molar-refractivity contribution in [3.63, 3.8) is 0 Å². The zero-order chi connectivity index (χ0) is 26.7. The Hall–Kier alpha value is -4.13. The number of aromatic nitrogens is 1. The zero-order valence-corrected chi connectivity index (χ0v) is 21.7. The van der Waals surface area contributed by atoms with Gasteiger partial charge in [-0.05, 0) is 50.1 Å². The highest BCUT2D eigenvalue weighted by Gasteiger charge is 2.23. The maximum atomic E-state index is 15.5. The Morgan fingerprint density at radius 2 is 1.62 bits per heavy atom. The number of rotatable bonds is 6. The van der Waals surface area contributed by atoms with Gasteiger partial charge in [-0.25, -0.2) is 13.8 Å². The summed E-state index contributed by atoms with van der Waals surface area (Å²) < 4.78 is 28.5. The van der Waals surface area contributed by atoms with E-state index < -0.39 is 17.5 Å². The molecule has 192 valence electrons.